The fourth-order valence-corrected chi connectivity index (χ4v) is 2.92. The van der Waals surface area contributed by atoms with Gasteiger partial charge in [0, 0.05) is 22.2 Å². The normalized spacial score (nSPS) is 36.7. The zero-order chi connectivity index (χ0) is 12.2. The molecule has 1 aliphatic carbocycles. The van der Waals surface area contributed by atoms with Crippen molar-refractivity contribution in [3.63, 3.8) is 0 Å². The maximum atomic E-state index is 14.0. The molecule has 2 heterocycles. The van der Waals surface area contributed by atoms with Gasteiger partial charge in [-0.15, -0.1) is 0 Å². The van der Waals surface area contributed by atoms with E-state index in [0.29, 0.717) is 4.47 Å². The van der Waals surface area contributed by atoms with Crippen molar-refractivity contribution in [1.82, 2.24) is 10.5 Å². The number of halogens is 3. The van der Waals surface area contributed by atoms with Gasteiger partial charge in [0.25, 0.3) is 0 Å². The molecule has 1 aliphatic heterocycles. The van der Waals surface area contributed by atoms with Crippen molar-refractivity contribution >= 4 is 15.9 Å². The lowest BCUT2D eigenvalue weighted by molar-refractivity contribution is -0.0116. The zero-order valence-electron chi connectivity index (χ0n) is 9.08. The Morgan fingerprint density at radius 1 is 1.71 bits per heavy atom. The lowest BCUT2D eigenvalue weighted by Gasteiger charge is -2.32. The Morgan fingerprint density at radius 3 is 3.00 bits per heavy atom. The number of nitrogens with one attached hydrogen (secondary N) is 1. The molecule has 1 saturated carbocycles. The molecular weight excluding hydrogens is 294 g/mol. The number of alkyl halides is 1. The Bertz CT molecular complexity index is 471. The van der Waals surface area contributed by atoms with Crippen LogP contribution in [0, 0.1) is 11.9 Å². The molecule has 0 bridgehead atoms. The molecule has 2 fully saturated rings. The van der Waals surface area contributed by atoms with Crippen LogP contribution < -0.4 is 5.48 Å². The number of hydrogen-bond donors (Lipinski definition) is 1. The van der Waals surface area contributed by atoms with Gasteiger partial charge in [0.05, 0.1) is 6.10 Å². The van der Waals surface area contributed by atoms with Crippen LogP contribution in [0.1, 0.15) is 18.9 Å². The largest absolute Gasteiger partial charge is 0.297 e. The van der Waals surface area contributed by atoms with Crippen molar-refractivity contribution in [1.29, 1.82) is 0 Å². The van der Waals surface area contributed by atoms with Gasteiger partial charge in [-0.05, 0) is 35.3 Å². The number of hydrogen-bond acceptors (Lipinski definition) is 3. The van der Waals surface area contributed by atoms with Crippen LogP contribution in [0.2, 0.25) is 0 Å². The minimum absolute atomic E-state index is 0.00779. The van der Waals surface area contributed by atoms with Gasteiger partial charge >= 0.3 is 0 Å². The van der Waals surface area contributed by atoms with Crippen LogP contribution in [0.3, 0.4) is 0 Å². The third-order valence-corrected chi connectivity index (χ3v) is 4.01. The third kappa shape index (κ3) is 1.54. The van der Waals surface area contributed by atoms with E-state index >= 15 is 0 Å². The monoisotopic (exact) mass is 304 g/mol. The van der Waals surface area contributed by atoms with Crippen LogP contribution in [-0.4, -0.2) is 17.3 Å². The van der Waals surface area contributed by atoms with Crippen molar-refractivity contribution in [3.8, 4) is 0 Å². The molecule has 0 radical (unpaired) electrons. The summed E-state index contributed by atoms with van der Waals surface area (Å²) < 4.78 is 28.4. The third-order valence-electron chi connectivity index (χ3n) is 3.57. The van der Waals surface area contributed by atoms with Crippen molar-refractivity contribution < 1.29 is 13.6 Å². The molecule has 3 nitrogen and oxygen atoms in total. The number of nitrogens with zero attached hydrogens (tertiary/aromatic N) is 1. The van der Waals surface area contributed by atoms with E-state index in [1.54, 1.807) is 6.07 Å². The predicted octanol–water partition coefficient (Wildman–Crippen LogP) is 2.46. The number of rotatable bonds is 2. The summed E-state index contributed by atoms with van der Waals surface area (Å²) in [6, 6.07) is 1.56. The summed E-state index contributed by atoms with van der Waals surface area (Å²) in [6.45, 7) is 1.41. The van der Waals surface area contributed by atoms with Crippen molar-refractivity contribution in [2.75, 3.05) is 0 Å². The van der Waals surface area contributed by atoms with Crippen molar-refractivity contribution in [2.45, 2.75) is 31.2 Å². The van der Waals surface area contributed by atoms with E-state index in [2.05, 4.69) is 26.4 Å². The Hall–Kier alpha value is -0.590. The topological polar surface area (TPSA) is 34.2 Å². The highest BCUT2D eigenvalue weighted by molar-refractivity contribution is 9.10. The molecule has 0 spiro atoms. The van der Waals surface area contributed by atoms with Crippen LogP contribution in [0.15, 0.2) is 16.7 Å². The molecule has 1 unspecified atom stereocenters. The fraction of sp³-hybridized carbons (Fsp3) is 0.545. The first-order chi connectivity index (χ1) is 8.05. The fourth-order valence-electron chi connectivity index (χ4n) is 2.59. The summed E-state index contributed by atoms with van der Waals surface area (Å²) in [6.07, 6.45) is 0.847. The van der Waals surface area contributed by atoms with Crippen LogP contribution in [0.5, 0.6) is 0 Å². The molecule has 3 rings (SSSR count). The first-order valence-corrected chi connectivity index (χ1v) is 6.23. The molecule has 1 aromatic rings. The Kier molecular flexibility index (Phi) is 2.50. The smallest absolute Gasteiger partial charge is 0.218 e. The summed E-state index contributed by atoms with van der Waals surface area (Å²) in [4.78, 5) is 8.88. The number of hydroxylamine groups is 1. The molecule has 1 N–H and O–H groups in total. The van der Waals surface area contributed by atoms with E-state index in [9.17, 15) is 8.78 Å². The van der Waals surface area contributed by atoms with Gasteiger partial charge in [0.15, 0.2) is 0 Å². The van der Waals surface area contributed by atoms with Crippen LogP contribution in [-0.2, 0) is 10.4 Å². The van der Waals surface area contributed by atoms with Gasteiger partial charge in [-0.2, -0.15) is 9.87 Å². The van der Waals surface area contributed by atoms with Crippen molar-refractivity contribution in [2.24, 2.45) is 5.92 Å². The van der Waals surface area contributed by atoms with Gasteiger partial charge in [-0.1, -0.05) is 0 Å². The average Bonchev–Trinajstić information content (AvgIpc) is 2.97. The number of aromatic nitrogens is 1. The molecule has 1 aromatic heterocycles. The number of fused-ring (bicyclic) bond motifs is 1. The van der Waals surface area contributed by atoms with Crippen LogP contribution in [0.4, 0.5) is 8.78 Å². The molecule has 17 heavy (non-hydrogen) atoms. The molecule has 0 amide bonds. The van der Waals surface area contributed by atoms with Crippen LogP contribution in [0.25, 0.3) is 0 Å². The molecule has 0 aromatic carbocycles. The molecule has 92 valence electrons. The molecule has 1 saturated heterocycles. The number of pyridine rings is 1. The predicted molar refractivity (Wildman–Crippen MR) is 60.3 cm³/mol. The van der Waals surface area contributed by atoms with Gasteiger partial charge < -0.3 is 0 Å². The van der Waals surface area contributed by atoms with E-state index in [-0.39, 0.29) is 17.6 Å². The highest BCUT2D eigenvalue weighted by Gasteiger charge is 2.64. The highest BCUT2D eigenvalue weighted by Crippen LogP contribution is 2.55. The van der Waals surface area contributed by atoms with Gasteiger partial charge in [0.1, 0.15) is 11.7 Å². The second-order valence-corrected chi connectivity index (χ2v) is 5.49. The summed E-state index contributed by atoms with van der Waals surface area (Å²) in [5, 5.41) is 0. The van der Waals surface area contributed by atoms with Gasteiger partial charge in [-0.25, -0.2) is 9.37 Å². The summed E-state index contributed by atoms with van der Waals surface area (Å²) in [5.41, 5.74) is 1.80. The maximum Gasteiger partial charge on any atom is 0.218 e. The molecule has 4 atom stereocenters. The van der Waals surface area contributed by atoms with Crippen molar-refractivity contribution in [3.05, 3.63) is 28.2 Å². The summed E-state index contributed by atoms with van der Waals surface area (Å²) >= 11 is 3.23. The highest BCUT2D eigenvalue weighted by atomic mass is 79.9. The first kappa shape index (κ1) is 11.5. The minimum atomic E-state index is -1.26. The quantitative estimate of drug-likeness (QED) is 0.852. The Labute approximate surface area is 106 Å². The van der Waals surface area contributed by atoms with Gasteiger partial charge in [-0.3, -0.25) is 4.84 Å². The first-order valence-electron chi connectivity index (χ1n) is 5.44. The van der Waals surface area contributed by atoms with E-state index < -0.39 is 17.7 Å². The summed E-state index contributed by atoms with van der Waals surface area (Å²) in [5.74, 6) is -0.672. The Balaban J connectivity index is 2.13. The molecular formula is C11H11BrF2N2O. The molecule has 6 heteroatoms. The van der Waals surface area contributed by atoms with Gasteiger partial charge in [0.2, 0.25) is 5.95 Å². The second-order valence-electron chi connectivity index (χ2n) is 4.58. The SMILES string of the molecule is CC(F)[C@]1(c2cc(Br)cnc2F)NO[C@@H]2C[C@@H]21. The summed E-state index contributed by atoms with van der Waals surface area (Å²) in [7, 11) is 0. The Morgan fingerprint density at radius 2 is 2.47 bits per heavy atom. The zero-order valence-corrected chi connectivity index (χ0v) is 10.7. The van der Waals surface area contributed by atoms with E-state index in [1.807, 2.05) is 0 Å². The molecule has 2 aliphatic rings. The van der Waals surface area contributed by atoms with Crippen LogP contribution >= 0.6 is 15.9 Å². The van der Waals surface area contributed by atoms with E-state index in [4.69, 9.17) is 4.84 Å². The average molecular weight is 305 g/mol. The lowest BCUT2D eigenvalue weighted by Crippen LogP contribution is -2.48. The van der Waals surface area contributed by atoms with E-state index in [0.717, 1.165) is 6.42 Å². The maximum absolute atomic E-state index is 14.0. The lowest BCUT2D eigenvalue weighted by atomic mass is 9.83. The minimum Gasteiger partial charge on any atom is -0.297 e. The van der Waals surface area contributed by atoms with E-state index in [1.165, 1.54) is 13.1 Å². The second kappa shape index (κ2) is 3.70. The standard InChI is InChI=1S/C11H11BrF2N2O/c1-5(13)11(7-3-9(7)17-16-11)8-2-6(12)4-15-10(8)14/h2,4-5,7,9,16H,3H2,1H3/t5?,7-,9+,11-/m0/s1.